The van der Waals surface area contributed by atoms with Gasteiger partial charge in [-0.25, -0.2) is 0 Å². The fourth-order valence-corrected chi connectivity index (χ4v) is 3.34. The molecule has 0 amide bonds. The van der Waals surface area contributed by atoms with Crippen molar-refractivity contribution in [2.45, 2.75) is 42.3 Å². The summed E-state index contributed by atoms with van der Waals surface area (Å²) in [6.07, 6.45) is 4.02. The van der Waals surface area contributed by atoms with Crippen LogP contribution in [0.1, 0.15) is 26.2 Å². The summed E-state index contributed by atoms with van der Waals surface area (Å²) in [5.74, 6) is 0.891. The Hall–Kier alpha value is 0.650. The number of hydrogen-bond acceptors (Lipinski definition) is 2. The molecule has 70 valence electrons. The van der Waals surface area contributed by atoms with Crippen molar-refractivity contribution in [2.24, 2.45) is 11.7 Å². The number of fused-ring (bicyclic) bond motifs is 3. The fraction of sp³-hybridized carbons (Fsp3) is 1.00. The topological polar surface area (TPSA) is 29.3 Å². The summed E-state index contributed by atoms with van der Waals surface area (Å²) in [6, 6.07) is 1.14. The highest BCUT2D eigenvalue weighted by Gasteiger charge is 2.40. The summed E-state index contributed by atoms with van der Waals surface area (Å²) in [5.41, 5.74) is 6.10. The second-order valence-corrected chi connectivity index (χ2v) is 5.98. The van der Waals surface area contributed by atoms with Gasteiger partial charge in [0.25, 0.3) is 0 Å². The third kappa shape index (κ3) is 1.51. The fourth-order valence-electron chi connectivity index (χ4n) is 2.70. The molecule has 2 bridgehead atoms. The van der Waals surface area contributed by atoms with Crippen molar-refractivity contribution in [3.63, 3.8) is 0 Å². The van der Waals surface area contributed by atoms with E-state index in [1.54, 1.807) is 0 Å². The Kier molecular flexibility index (Phi) is 2.63. The van der Waals surface area contributed by atoms with E-state index >= 15 is 0 Å². The molecule has 2 aliphatic heterocycles. The minimum absolute atomic E-state index is 0.453. The van der Waals surface area contributed by atoms with Crippen LogP contribution in [0.15, 0.2) is 0 Å². The molecule has 2 heterocycles. The van der Waals surface area contributed by atoms with E-state index in [4.69, 9.17) is 5.73 Å². The van der Waals surface area contributed by atoms with Crippen LogP contribution >= 0.6 is 22.6 Å². The molecular weight excluding hydrogens is 263 g/mol. The van der Waals surface area contributed by atoms with Gasteiger partial charge in [-0.3, -0.25) is 4.90 Å². The Morgan fingerprint density at radius 3 is 2.67 bits per heavy atom. The lowest BCUT2D eigenvalue weighted by molar-refractivity contribution is 0.0318. The van der Waals surface area contributed by atoms with E-state index in [1.807, 2.05) is 0 Å². The maximum Gasteiger partial charge on any atom is 0.0593 e. The quantitative estimate of drug-likeness (QED) is 0.449. The maximum absolute atomic E-state index is 6.10. The number of piperidine rings is 2. The van der Waals surface area contributed by atoms with Crippen LogP contribution in [0.5, 0.6) is 0 Å². The summed E-state index contributed by atoms with van der Waals surface area (Å²) in [7, 11) is 0. The second kappa shape index (κ2) is 3.42. The van der Waals surface area contributed by atoms with Gasteiger partial charge in [0.2, 0.25) is 0 Å². The van der Waals surface area contributed by atoms with Crippen LogP contribution in [0.2, 0.25) is 0 Å². The minimum atomic E-state index is 0.453. The highest BCUT2D eigenvalue weighted by atomic mass is 127. The molecule has 2 nitrogen and oxygen atoms in total. The number of nitrogens with zero attached hydrogens (tertiary/aromatic N) is 1. The lowest BCUT2D eigenvalue weighted by atomic mass is 9.77. The first-order valence-electron chi connectivity index (χ1n) is 4.84. The summed E-state index contributed by atoms with van der Waals surface area (Å²) in [6.45, 7) is 3.57. The average molecular weight is 280 g/mol. The number of rotatable bonds is 1. The van der Waals surface area contributed by atoms with Crippen LogP contribution in [-0.4, -0.2) is 27.6 Å². The van der Waals surface area contributed by atoms with E-state index < -0.39 is 0 Å². The van der Waals surface area contributed by atoms with Gasteiger partial charge in [-0.2, -0.15) is 0 Å². The van der Waals surface area contributed by atoms with Crippen LogP contribution in [0.4, 0.5) is 0 Å². The van der Waals surface area contributed by atoms with Crippen LogP contribution in [0, 0.1) is 5.92 Å². The van der Waals surface area contributed by atoms with Gasteiger partial charge in [-0.05, 0) is 32.1 Å². The smallest absolute Gasteiger partial charge is 0.0593 e. The first-order chi connectivity index (χ1) is 5.68. The molecule has 0 aromatic carbocycles. The Labute approximate surface area is 88.0 Å². The molecule has 3 aliphatic rings. The van der Waals surface area contributed by atoms with Crippen LogP contribution < -0.4 is 5.73 Å². The molecule has 2 saturated heterocycles. The molecule has 3 fully saturated rings. The summed E-state index contributed by atoms with van der Waals surface area (Å²) in [5, 5.41) is 0. The largest absolute Gasteiger partial charge is 0.326 e. The van der Waals surface area contributed by atoms with Gasteiger partial charge in [-0.1, -0.05) is 22.6 Å². The van der Waals surface area contributed by atoms with Crippen molar-refractivity contribution in [1.82, 2.24) is 4.90 Å². The summed E-state index contributed by atoms with van der Waals surface area (Å²) >= 11 is 2.50. The Morgan fingerprint density at radius 1 is 1.50 bits per heavy atom. The molecule has 3 rings (SSSR count). The van der Waals surface area contributed by atoms with E-state index in [9.17, 15) is 0 Å². The van der Waals surface area contributed by atoms with Gasteiger partial charge in [0.15, 0.2) is 0 Å². The predicted octanol–water partition coefficient (Wildman–Crippen LogP) is 1.58. The van der Waals surface area contributed by atoms with Crippen LogP contribution in [-0.2, 0) is 0 Å². The van der Waals surface area contributed by atoms with E-state index in [-0.39, 0.29) is 0 Å². The minimum Gasteiger partial charge on any atom is -0.326 e. The van der Waals surface area contributed by atoms with Crippen molar-refractivity contribution in [1.29, 1.82) is 0 Å². The van der Waals surface area contributed by atoms with Gasteiger partial charge < -0.3 is 5.73 Å². The molecule has 0 aromatic heterocycles. The van der Waals surface area contributed by atoms with Crippen LogP contribution in [0.3, 0.4) is 0 Å². The molecule has 0 spiro atoms. The number of alkyl halides is 1. The highest BCUT2D eigenvalue weighted by Crippen LogP contribution is 2.36. The van der Waals surface area contributed by atoms with E-state index in [0.29, 0.717) is 16.1 Å². The van der Waals surface area contributed by atoms with Gasteiger partial charge in [0.05, 0.1) is 4.05 Å². The molecule has 4 unspecified atom stereocenters. The molecule has 3 heteroatoms. The summed E-state index contributed by atoms with van der Waals surface area (Å²) in [4.78, 5) is 2.59. The number of halogens is 1. The normalized spacial score (nSPS) is 44.8. The molecule has 2 N–H and O–H groups in total. The maximum atomic E-state index is 6.10. The first kappa shape index (κ1) is 9.21. The Morgan fingerprint density at radius 2 is 2.25 bits per heavy atom. The standard InChI is InChI=1S/C9H17IN2/c1-6(10)12-5-7-2-3-9(12)8(11)4-7/h6-9H,2-5,11H2,1H3. The van der Waals surface area contributed by atoms with Crippen molar-refractivity contribution in [3.8, 4) is 0 Å². The molecule has 1 aliphatic carbocycles. The van der Waals surface area contributed by atoms with E-state index in [2.05, 4.69) is 34.4 Å². The van der Waals surface area contributed by atoms with Gasteiger partial charge >= 0.3 is 0 Å². The summed E-state index contributed by atoms with van der Waals surface area (Å²) < 4.78 is 0.654. The zero-order valence-electron chi connectivity index (χ0n) is 7.54. The average Bonchev–Trinajstić information content (AvgIpc) is 2.04. The third-order valence-corrected chi connectivity index (χ3v) is 4.04. The molecule has 0 radical (unpaired) electrons. The van der Waals surface area contributed by atoms with Gasteiger partial charge in [0, 0.05) is 18.6 Å². The number of hydrogen-bond donors (Lipinski definition) is 1. The highest BCUT2D eigenvalue weighted by molar-refractivity contribution is 14.1. The van der Waals surface area contributed by atoms with E-state index in [1.165, 1.54) is 25.8 Å². The van der Waals surface area contributed by atoms with Gasteiger partial charge in [0.1, 0.15) is 0 Å². The second-order valence-electron chi connectivity index (χ2n) is 4.18. The van der Waals surface area contributed by atoms with Crippen molar-refractivity contribution in [3.05, 3.63) is 0 Å². The Bertz CT molecular complexity index is 172. The molecule has 0 aromatic rings. The molecule has 4 atom stereocenters. The zero-order chi connectivity index (χ0) is 8.72. The molecule has 1 saturated carbocycles. The lowest BCUT2D eigenvalue weighted by Crippen LogP contribution is -2.59. The first-order valence-corrected chi connectivity index (χ1v) is 6.08. The lowest BCUT2D eigenvalue weighted by Gasteiger charge is -2.50. The predicted molar refractivity (Wildman–Crippen MR) is 59.3 cm³/mol. The van der Waals surface area contributed by atoms with Gasteiger partial charge in [-0.15, -0.1) is 0 Å². The molecule has 12 heavy (non-hydrogen) atoms. The molecular formula is C9H17IN2. The SMILES string of the molecule is CC(I)N1CC2CCC1C(N)C2. The number of nitrogens with two attached hydrogens (primary N) is 1. The zero-order valence-corrected chi connectivity index (χ0v) is 9.70. The Balaban J connectivity index is 2.09. The monoisotopic (exact) mass is 280 g/mol. The van der Waals surface area contributed by atoms with Crippen molar-refractivity contribution in [2.75, 3.05) is 6.54 Å². The van der Waals surface area contributed by atoms with E-state index in [0.717, 1.165) is 5.92 Å². The van der Waals surface area contributed by atoms with Crippen LogP contribution in [0.25, 0.3) is 0 Å². The van der Waals surface area contributed by atoms with Crippen molar-refractivity contribution < 1.29 is 0 Å². The third-order valence-electron chi connectivity index (χ3n) is 3.32. The van der Waals surface area contributed by atoms with Crippen molar-refractivity contribution >= 4 is 22.6 Å².